The molecule has 2 N–H and O–H groups in total. The van der Waals surface area contributed by atoms with Gasteiger partial charge in [0.15, 0.2) is 0 Å². The van der Waals surface area contributed by atoms with Crippen molar-refractivity contribution in [2.45, 2.75) is 45.8 Å². The molecule has 0 radical (unpaired) electrons. The van der Waals surface area contributed by atoms with E-state index >= 15 is 0 Å². The Kier molecular flexibility index (Phi) is 3.13. The molecule has 0 bridgehead atoms. The zero-order valence-electron chi connectivity index (χ0n) is 8.20. The highest BCUT2D eigenvalue weighted by molar-refractivity contribution is 4.86. The summed E-state index contributed by atoms with van der Waals surface area (Å²) in [6, 6.07) is 0. The molecule has 2 heteroatoms. The van der Waals surface area contributed by atoms with E-state index in [1.165, 1.54) is 0 Å². The average molecular weight is 172 g/mol. The summed E-state index contributed by atoms with van der Waals surface area (Å²) >= 11 is 0. The lowest BCUT2D eigenvalue weighted by Gasteiger charge is -2.38. The van der Waals surface area contributed by atoms with Crippen LogP contribution in [0.5, 0.6) is 0 Å². The van der Waals surface area contributed by atoms with Crippen LogP contribution in [0.1, 0.15) is 33.6 Å². The lowest BCUT2D eigenvalue weighted by molar-refractivity contribution is -0.0607. The summed E-state index contributed by atoms with van der Waals surface area (Å²) in [6.45, 7) is 6.21. The van der Waals surface area contributed by atoms with Crippen LogP contribution in [0.4, 0.5) is 0 Å². The number of hydrogen-bond acceptors (Lipinski definition) is 2. The lowest BCUT2D eigenvalue weighted by Crippen LogP contribution is -2.42. The Morgan fingerprint density at radius 2 is 1.50 bits per heavy atom. The van der Waals surface area contributed by atoms with E-state index in [0.717, 1.165) is 12.8 Å². The Labute approximate surface area is 74.6 Å². The van der Waals surface area contributed by atoms with Crippen molar-refractivity contribution in [3.8, 4) is 0 Å². The standard InChI is InChI=1S/C10H20O2/c1-6(2)10-8(11)4-7(3)5-9(10)12/h6-12H,4-5H2,1-3H3/t7?,8-,9-,10?/m0/s1. The first kappa shape index (κ1) is 10.0. The fourth-order valence-electron chi connectivity index (χ4n) is 2.38. The predicted octanol–water partition coefficient (Wildman–Crippen LogP) is 1.41. The molecule has 1 rings (SSSR count). The highest BCUT2D eigenvalue weighted by Gasteiger charge is 2.35. The molecule has 72 valence electrons. The van der Waals surface area contributed by atoms with Crippen molar-refractivity contribution in [2.75, 3.05) is 0 Å². The second-order valence-electron chi connectivity index (χ2n) is 4.53. The minimum atomic E-state index is -0.302. The minimum absolute atomic E-state index is 0.0844. The van der Waals surface area contributed by atoms with Crippen LogP contribution in [0.15, 0.2) is 0 Å². The van der Waals surface area contributed by atoms with Crippen LogP contribution in [0.3, 0.4) is 0 Å². The van der Waals surface area contributed by atoms with Crippen molar-refractivity contribution >= 4 is 0 Å². The van der Waals surface area contributed by atoms with Gasteiger partial charge in [0, 0.05) is 5.92 Å². The van der Waals surface area contributed by atoms with Gasteiger partial charge < -0.3 is 10.2 Å². The highest BCUT2D eigenvalue weighted by Crippen LogP contribution is 2.33. The number of aliphatic hydroxyl groups excluding tert-OH is 2. The molecule has 12 heavy (non-hydrogen) atoms. The maximum Gasteiger partial charge on any atom is 0.0598 e. The second-order valence-corrected chi connectivity index (χ2v) is 4.53. The normalized spacial score (nSPS) is 43.5. The first-order valence-corrected chi connectivity index (χ1v) is 4.88. The summed E-state index contributed by atoms with van der Waals surface area (Å²) in [5.41, 5.74) is 0. The van der Waals surface area contributed by atoms with Crippen LogP contribution in [-0.4, -0.2) is 22.4 Å². The van der Waals surface area contributed by atoms with E-state index in [1.54, 1.807) is 0 Å². The lowest BCUT2D eigenvalue weighted by atomic mass is 9.73. The van der Waals surface area contributed by atoms with Crippen molar-refractivity contribution in [1.82, 2.24) is 0 Å². The molecule has 0 saturated heterocycles. The first-order valence-electron chi connectivity index (χ1n) is 4.88. The van der Waals surface area contributed by atoms with Gasteiger partial charge in [-0.05, 0) is 24.7 Å². The topological polar surface area (TPSA) is 40.5 Å². The van der Waals surface area contributed by atoms with Gasteiger partial charge in [0.1, 0.15) is 0 Å². The third kappa shape index (κ3) is 1.99. The second kappa shape index (κ2) is 3.75. The molecule has 1 fully saturated rings. The van der Waals surface area contributed by atoms with Gasteiger partial charge in [-0.3, -0.25) is 0 Å². The van der Waals surface area contributed by atoms with Crippen LogP contribution < -0.4 is 0 Å². The summed E-state index contributed by atoms with van der Waals surface area (Å²) in [7, 11) is 0. The van der Waals surface area contributed by atoms with Crippen molar-refractivity contribution in [2.24, 2.45) is 17.8 Å². The quantitative estimate of drug-likeness (QED) is 0.628. The summed E-state index contributed by atoms with van der Waals surface area (Å²) in [5, 5.41) is 19.4. The molecule has 1 saturated carbocycles. The largest absolute Gasteiger partial charge is 0.393 e. The molecule has 0 aromatic heterocycles. The summed E-state index contributed by atoms with van der Waals surface area (Å²) < 4.78 is 0. The molecule has 1 aliphatic carbocycles. The fraction of sp³-hybridized carbons (Fsp3) is 1.00. The average Bonchev–Trinajstić information content (AvgIpc) is 1.82. The molecule has 0 unspecified atom stereocenters. The maximum atomic E-state index is 9.72. The number of hydrogen-bond donors (Lipinski definition) is 2. The smallest absolute Gasteiger partial charge is 0.0598 e. The van der Waals surface area contributed by atoms with E-state index in [2.05, 4.69) is 20.8 Å². The third-order valence-corrected chi connectivity index (χ3v) is 2.95. The molecule has 0 aliphatic heterocycles. The van der Waals surface area contributed by atoms with Gasteiger partial charge >= 0.3 is 0 Å². The number of aliphatic hydroxyl groups is 2. The van der Waals surface area contributed by atoms with Crippen LogP contribution >= 0.6 is 0 Å². The maximum absolute atomic E-state index is 9.72. The molecule has 2 nitrogen and oxygen atoms in total. The van der Waals surface area contributed by atoms with E-state index in [1.807, 2.05) is 0 Å². The van der Waals surface area contributed by atoms with E-state index in [9.17, 15) is 10.2 Å². The molecule has 0 aromatic rings. The Morgan fingerprint density at radius 1 is 1.08 bits per heavy atom. The molecule has 0 aromatic carbocycles. The number of rotatable bonds is 1. The van der Waals surface area contributed by atoms with Gasteiger partial charge in [-0.25, -0.2) is 0 Å². The van der Waals surface area contributed by atoms with E-state index < -0.39 is 0 Å². The first-order chi connectivity index (χ1) is 5.52. The molecule has 0 spiro atoms. The Bertz CT molecular complexity index is 133. The van der Waals surface area contributed by atoms with E-state index in [-0.39, 0.29) is 18.1 Å². The van der Waals surface area contributed by atoms with Crippen molar-refractivity contribution in [3.63, 3.8) is 0 Å². The molecular weight excluding hydrogens is 152 g/mol. The van der Waals surface area contributed by atoms with Gasteiger partial charge in [-0.2, -0.15) is 0 Å². The van der Waals surface area contributed by atoms with Gasteiger partial charge in [-0.15, -0.1) is 0 Å². The van der Waals surface area contributed by atoms with Gasteiger partial charge in [0.2, 0.25) is 0 Å². The van der Waals surface area contributed by atoms with E-state index in [0.29, 0.717) is 11.8 Å². The fourth-order valence-corrected chi connectivity index (χ4v) is 2.38. The van der Waals surface area contributed by atoms with Gasteiger partial charge in [0.05, 0.1) is 12.2 Å². The molecule has 0 amide bonds. The van der Waals surface area contributed by atoms with Crippen LogP contribution in [0, 0.1) is 17.8 Å². The predicted molar refractivity (Wildman–Crippen MR) is 48.7 cm³/mol. The van der Waals surface area contributed by atoms with Crippen molar-refractivity contribution in [1.29, 1.82) is 0 Å². The van der Waals surface area contributed by atoms with Crippen molar-refractivity contribution in [3.05, 3.63) is 0 Å². The third-order valence-electron chi connectivity index (χ3n) is 2.95. The molecule has 1 aliphatic rings. The van der Waals surface area contributed by atoms with Crippen molar-refractivity contribution < 1.29 is 10.2 Å². The minimum Gasteiger partial charge on any atom is -0.393 e. The zero-order chi connectivity index (χ0) is 9.30. The van der Waals surface area contributed by atoms with Crippen LogP contribution in [-0.2, 0) is 0 Å². The Morgan fingerprint density at radius 3 is 1.83 bits per heavy atom. The SMILES string of the molecule is CC1C[C@H](O)C(C(C)C)[C@@H](O)C1. The van der Waals surface area contributed by atoms with Crippen LogP contribution in [0.25, 0.3) is 0 Å². The monoisotopic (exact) mass is 172 g/mol. The van der Waals surface area contributed by atoms with Crippen LogP contribution in [0.2, 0.25) is 0 Å². The molecule has 0 heterocycles. The van der Waals surface area contributed by atoms with Gasteiger partial charge in [-0.1, -0.05) is 20.8 Å². The molecular formula is C10H20O2. The Balaban J connectivity index is 2.60. The summed E-state index contributed by atoms with van der Waals surface area (Å²) in [6.07, 6.45) is 1.09. The Hall–Kier alpha value is -0.0800. The summed E-state index contributed by atoms with van der Waals surface area (Å²) in [5.74, 6) is 0.925. The molecule has 2 atom stereocenters. The van der Waals surface area contributed by atoms with Gasteiger partial charge in [0.25, 0.3) is 0 Å². The van der Waals surface area contributed by atoms with E-state index in [4.69, 9.17) is 0 Å². The highest BCUT2D eigenvalue weighted by atomic mass is 16.3. The summed E-state index contributed by atoms with van der Waals surface area (Å²) in [4.78, 5) is 0. The zero-order valence-corrected chi connectivity index (χ0v) is 8.20.